The van der Waals surface area contributed by atoms with Crippen LogP contribution in [0.2, 0.25) is 0 Å². The molecule has 1 rings (SSSR count). The topological polar surface area (TPSA) is 90.2 Å². The van der Waals surface area contributed by atoms with E-state index in [1.165, 1.54) is 0 Å². The van der Waals surface area contributed by atoms with E-state index >= 15 is 0 Å². The summed E-state index contributed by atoms with van der Waals surface area (Å²) in [4.78, 5) is 0. The average Bonchev–Trinajstić information content (AvgIpc) is 2.42. The highest BCUT2D eigenvalue weighted by Crippen LogP contribution is 2.33. The molecule has 0 amide bonds. The van der Waals surface area contributed by atoms with Crippen LogP contribution in [-0.4, -0.2) is 57.6 Å². The third-order valence-corrected chi connectivity index (χ3v) is 2.68. The normalized spacial score (nSPS) is 45.5. The lowest BCUT2D eigenvalue weighted by molar-refractivity contribution is -0.120. The maximum atomic E-state index is 9.56. The lowest BCUT2D eigenvalue weighted by atomic mass is 9.93. The maximum Gasteiger partial charge on any atom is 0.120 e. The minimum Gasteiger partial charge on any atom is -0.394 e. The van der Waals surface area contributed by atoms with Gasteiger partial charge in [-0.2, -0.15) is 0 Å². The van der Waals surface area contributed by atoms with Crippen LogP contribution in [0.3, 0.4) is 0 Å². The molecule has 1 aliphatic heterocycles. The minimum absolute atomic E-state index is 0.361. The summed E-state index contributed by atoms with van der Waals surface area (Å²) >= 11 is 0. The van der Waals surface area contributed by atoms with E-state index in [2.05, 4.69) is 0 Å². The summed E-state index contributed by atoms with van der Waals surface area (Å²) in [6, 6.07) is 0. The molecule has 5 heteroatoms. The fraction of sp³-hybridized carbons (Fsp3) is 1.00. The molecule has 0 bridgehead atoms. The smallest absolute Gasteiger partial charge is 0.120 e. The van der Waals surface area contributed by atoms with E-state index in [9.17, 15) is 10.2 Å². The van der Waals surface area contributed by atoms with Crippen molar-refractivity contribution in [3.05, 3.63) is 0 Å². The Labute approximate surface area is 76.6 Å². The number of ether oxygens (including phenoxy) is 1. The molecule has 78 valence electrons. The summed E-state index contributed by atoms with van der Waals surface area (Å²) in [5, 5.41) is 36.8. The summed E-state index contributed by atoms with van der Waals surface area (Å²) in [7, 11) is 0. The van der Waals surface area contributed by atoms with Gasteiger partial charge < -0.3 is 25.2 Å². The highest BCUT2D eigenvalue weighted by atomic mass is 16.6. The van der Waals surface area contributed by atoms with Crippen LogP contribution < -0.4 is 0 Å². The van der Waals surface area contributed by atoms with E-state index in [0.29, 0.717) is 6.42 Å². The molecule has 0 saturated carbocycles. The fourth-order valence-corrected chi connectivity index (χ4v) is 1.64. The zero-order chi connectivity index (χ0) is 10.1. The third kappa shape index (κ3) is 1.58. The summed E-state index contributed by atoms with van der Waals surface area (Å²) < 4.78 is 5.22. The second-order valence-corrected chi connectivity index (χ2v) is 3.35. The zero-order valence-corrected chi connectivity index (χ0v) is 7.55. The molecular formula is C8H16O5. The number of rotatable bonds is 3. The predicted molar refractivity (Wildman–Crippen MR) is 44.1 cm³/mol. The molecule has 4 atom stereocenters. The van der Waals surface area contributed by atoms with Gasteiger partial charge in [0.05, 0.1) is 13.2 Å². The summed E-state index contributed by atoms with van der Waals surface area (Å²) in [5.41, 5.74) is -1.12. The summed E-state index contributed by atoms with van der Waals surface area (Å²) in [6.07, 6.45) is -2.68. The van der Waals surface area contributed by atoms with Crippen molar-refractivity contribution in [2.45, 2.75) is 37.3 Å². The van der Waals surface area contributed by atoms with Crippen molar-refractivity contribution in [2.75, 3.05) is 13.2 Å². The van der Waals surface area contributed by atoms with Gasteiger partial charge >= 0.3 is 0 Å². The fourth-order valence-electron chi connectivity index (χ4n) is 1.64. The molecule has 4 unspecified atom stereocenters. The zero-order valence-electron chi connectivity index (χ0n) is 7.55. The lowest BCUT2D eigenvalue weighted by Crippen LogP contribution is -2.45. The van der Waals surface area contributed by atoms with Crippen molar-refractivity contribution in [2.24, 2.45) is 0 Å². The van der Waals surface area contributed by atoms with Gasteiger partial charge in [-0.1, -0.05) is 6.92 Å². The molecule has 0 aromatic heterocycles. The van der Waals surface area contributed by atoms with Gasteiger partial charge in [0.1, 0.15) is 23.9 Å². The first-order chi connectivity index (χ1) is 6.11. The van der Waals surface area contributed by atoms with Crippen LogP contribution >= 0.6 is 0 Å². The predicted octanol–water partition coefficient (Wildman–Crippen LogP) is -1.76. The first-order valence-electron chi connectivity index (χ1n) is 4.37. The van der Waals surface area contributed by atoms with E-state index in [0.717, 1.165) is 0 Å². The Morgan fingerprint density at radius 2 is 1.92 bits per heavy atom. The Morgan fingerprint density at radius 3 is 2.15 bits per heavy atom. The van der Waals surface area contributed by atoms with E-state index in [-0.39, 0.29) is 13.2 Å². The van der Waals surface area contributed by atoms with E-state index in [1.807, 2.05) is 0 Å². The molecule has 5 nitrogen and oxygen atoms in total. The van der Waals surface area contributed by atoms with Crippen molar-refractivity contribution in [1.82, 2.24) is 0 Å². The molecule has 13 heavy (non-hydrogen) atoms. The van der Waals surface area contributed by atoms with Crippen LogP contribution in [0.25, 0.3) is 0 Å². The highest BCUT2D eigenvalue weighted by molar-refractivity contribution is 5.00. The first kappa shape index (κ1) is 10.9. The van der Waals surface area contributed by atoms with Crippen molar-refractivity contribution < 1.29 is 25.2 Å². The SMILES string of the molecule is CCC1(CO)OC(CO)C(O)C1O. The number of hydrogen-bond acceptors (Lipinski definition) is 5. The Balaban J connectivity index is 2.79. The van der Waals surface area contributed by atoms with Gasteiger partial charge in [-0.25, -0.2) is 0 Å². The van der Waals surface area contributed by atoms with Crippen molar-refractivity contribution in [3.63, 3.8) is 0 Å². The molecule has 1 aliphatic rings. The van der Waals surface area contributed by atoms with E-state index in [4.69, 9.17) is 14.9 Å². The van der Waals surface area contributed by atoms with Crippen LogP contribution in [-0.2, 0) is 4.74 Å². The molecule has 0 aromatic carbocycles. The Hall–Kier alpha value is -0.200. The Morgan fingerprint density at radius 1 is 1.31 bits per heavy atom. The maximum absolute atomic E-state index is 9.56. The van der Waals surface area contributed by atoms with Gasteiger partial charge in [0, 0.05) is 0 Å². The van der Waals surface area contributed by atoms with Crippen LogP contribution in [0.15, 0.2) is 0 Å². The largest absolute Gasteiger partial charge is 0.394 e. The number of hydrogen-bond donors (Lipinski definition) is 4. The summed E-state index contributed by atoms with van der Waals surface area (Å²) in [6.45, 7) is 1.02. The lowest BCUT2D eigenvalue weighted by Gasteiger charge is -2.28. The molecule has 1 heterocycles. The van der Waals surface area contributed by atoms with Gasteiger partial charge in [-0.3, -0.25) is 0 Å². The monoisotopic (exact) mass is 192 g/mol. The molecule has 4 N–H and O–H groups in total. The molecule has 1 fully saturated rings. The highest BCUT2D eigenvalue weighted by Gasteiger charge is 2.52. The quantitative estimate of drug-likeness (QED) is 0.425. The van der Waals surface area contributed by atoms with E-state index < -0.39 is 23.9 Å². The molecule has 0 aliphatic carbocycles. The standard InChI is InChI=1S/C8H16O5/c1-2-8(4-10)7(12)6(11)5(3-9)13-8/h5-7,9-12H,2-4H2,1H3. The Kier molecular flexibility index (Phi) is 3.26. The van der Waals surface area contributed by atoms with E-state index in [1.54, 1.807) is 6.92 Å². The summed E-state index contributed by atoms with van der Waals surface area (Å²) in [5.74, 6) is 0. The second kappa shape index (κ2) is 3.89. The van der Waals surface area contributed by atoms with Gasteiger partial charge in [0.2, 0.25) is 0 Å². The average molecular weight is 192 g/mol. The van der Waals surface area contributed by atoms with Crippen molar-refractivity contribution in [1.29, 1.82) is 0 Å². The second-order valence-electron chi connectivity index (χ2n) is 3.35. The van der Waals surface area contributed by atoms with Crippen molar-refractivity contribution in [3.8, 4) is 0 Å². The van der Waals surface area contributed by atoms with Gasteiger partial charge in [-0.15, -0.1) is 0 Å². The molecule has 0 radical (unpaired) electrons. The van der Waals surface area contributed by atoms with Crippen LogP contribution in [0.4, 0.5) is 0 Å². The van der Waals surface area contributed by atoms with Gasteiger partial charge in [0.25, 0.3) is 0 Å². The van der Waals surface area contributed by atoms with Crippen LogP contribution in [0.5, 0.6) is 0 Å². The number of aliphatic hydroxyl groups excluding tert-OH is 4. The van der Waals surface area contributed by atoms with Gasteiger partial charge in [0.15, 0.2) is 0 Å². The van der Waals surface area contributed by atoms with Crippen LogP contribution in [0, 0.1) is 0 Å². The van der Waals surface area contributed by atoms with Crippen molar-refractivity contribution >= 4 is 0 Å². The Bertz CT molecular complexity index is 168. The van der Waals surface area contributed by atoms with Gasteiger partial charge in [-0.05, 0) is 6.42 Å². The van der Waals surface area contributed by atoms with Crippen LogP contribution in [0.1, 0.15) is 13.3 Å². The molecular weight excluding hydrogens is 176 g/mol. The molecule has 0 aromatic rings. The first-order valence-corrected chi connectivity index (χ1v) is 4.37. The minimum atomic E-state index is -1.14. The number of aliphatic hydroxyl groups is 4. The molecule has 1 saturated heterocycles. The third-order valence-electron chi connectivity index (χ3n) is 2.68. The molecule has 0 spiro atoms.